The van der Waals surface area contributed by atoms with Crippen molar-refractivity contribution in [3.05, 3.63) is 22.2 Å². The monoisotopic (exact) mass is 172 g/mol. The minimum atomic E-state index is 0.787. The maximum atomic E-state index is 5.62. The molecule has 0 amide bonds. The molecule has 64 valence electrons. The largest absolute Gasteiger partial charge is 0.393 e. The summed E-state index contributed by atoms with van der Waals surface area (Å²) in [5.41, 5.74) is 11.2. The topological polar surface area (TPSA) is 52.0 Å². The van der Waals surface area contributed by atoms with Gasteiger partial charge in [-0.3, -0.25) is 0 Å². The van der Waals surface area contributed by atoms with Gasteiger partial charge in [-0.05, 0) is 12.8 Å². The molecule has 0 radical (unpaired) electrons. The molecule has 4 N–H and O–H groups in total. The number of thioether (sulfide) groups is 1. The van der Waals surface area contributed by atoms with Gasteiger partial charge in [0.15, 0.2) is 0 Å². The van der Waals surface area contributed by atoms with Crippen LogP contribution in [0, 0.1) is 0 Å². The molecular weight excluding hydrogens is 156 g/mol. The van der Waals surface area contributed by atoms with Gasteiger partial charge in [-0.25, -0.2) is 0 Å². The van der Waals surface area contributed by atoms with Crippen LogP contribution in [0.1, 0.15) is 26.7 Å². The Labute approximate surface area is 72.7 Å². The Hall–Kier alpha value is -0.570. The maximum Gasteiger partial charge on any atom is 0.0677 e. The van der Waals surface area contributed by atoms with Crippen molar-refractivity contribution in [1.29, 1.82) is 0 Å². The van der Waals surface area contributed by atoms with E-state index in [1.807, 2.05) is 26.0 Å². The highest BCUT2D eigenvalue weighted by Gasteiger charge is 1.92. The van der Waals surface area contributed by atoms with Crippen molar-refractivity contribution < 1.29 is 0 Å². The van der Waals surface area contributed by atoms with E-state index >= 15 is 0 Å². The van der Waals surface area contributed by atoms with Gasteiger partial charge in [0.05, 0.1) is 10.1 Å². The van der Waals surface area contributed by atoms with Gasteiger partial charge in [0.1, 0.15) is 0 Å². The zero-order valence-corrected chi connectivity index (χ0v) is 7.95. The van der Waals surface area contributed by atoms with Gasteiger partial charge in [-0.15, -0.1) is 0 Å². The summed E-state index contributed by atoms with van der Waals surface area (Å²) in [7, 11) is 0. The van der Waals surface area contributed by atoms with Crippen LogP contribution in [0.25, 0.3) is 0 Å². The molecule has 0 rings (SSSR count). The van der Waals surface area contributed by atoms with Crippen molar-refractivity contribution >= 4 is 11.8 Å². The van der Waals surface area contributed by atoms with E-state index in [2.05, 4.69) is 0 Å². The van der Waals surface area contributed by atoms with E-state index in [1.54, 1.807) is 0 Å². The van der Waals surface area contributed by atoms with Crippen molar-refractivity contribution in [2.24, 2.45) is 11.5 Å². The summed E-state index contributed by atoms with van der Waals surface area (Å²) in [6, 6.07) is 0. The molecule has 0 aromatic carbocycles. The Kier molecular flexibility index (Phi) is 5.84. The molecule has 0 spiro atoms. The quantitative estimate of drug-likeness (QED) is 0.683. The van der Waals surface area contributed by atoms with Crippen LogP contribution in [0.4, 0.5) is 0 Å². The fourth-order valence-electron chi connectivity index (χ4n) is 0.622. The molecule has 0 unspecified atom stereocenters. The highest BCUT2D eigenvalue weighted by Crippen LogP contribution is 2.17. The fourth-order valence-corrected chi connectivity index (χ4v) is 1.39. The highest BCUT2D eigenvalue weighted by atomic mass is 32.2. The van der Waals surface area contributed by atoms with E-state index in [-0.39, 0.29) is 0 Å². The number of hydrogen-bond acceptors (Lipinski definition) is 3. The second kappa shape index (κ2) is 6.16. The van der Waals surface area contributed by atoms with Crippen LogP contribution in [0.5, 0.6) is 0 Å². The molecule has 11 heavy (non-hydrogen) atoms. The van der Waals surface area contributed by atoms with Crippen LogP contribution in [0.3, 0.4) is 0 Å². The molecule has 3 heteroatoms. The molecule has 0 saturated heterocycles. The predicted molar refractivity (Wildman–Crippen MR) is 52.7 cm³/mol. The molecule has 0 heterocycles. The molecular formula is C8H16N2S. The SMILES string of the molecule is CC/C=C(\N)S/C(N)=C/CC. The average molecular weight is 172 g/mol. The second-order valence-electron chi connectivity index (χ2n) is 2.13. The number of nitrogens with two attached hydrogens (primary N) is 2. The summed E-state index contributed by atoms with van der Waals surface area (Å²) in [5.74, 6) is 0. The lowest BCUT2D eigenvalue weighted by molar-refractivity contribution is 1.20. The summed E-state index contributed by atoms with van der Waals surface area (Å²) >= 11 is 1.43. The van der Waals surface area contributed by atoms with Gasteiger partial charge in [-0.2, -0.15) is 0 Å². The zero-order valence-electron chi connectivity index (χ0n) is 7.13. The van der Waals surface area contributed by atoms with Crippen LogP contribution in [-0.2, 0) is 0 Å². The first-order valence-corrected chi connectivity index (χ1v) is 4.61. The van der Waals surface area contributed by atoms with Gasteiger partial charge >= 0.3 is 0 Å². The Morgan fingerprint density at radius 2 is 1.45 bits per heavy atom. The predicted octanol–water partition coefficient (Wildman–Crippen LogP) is 2.14. The van der Waals surface area contributed by atoms with E-state index in [0.717, 1.165) is 22.9 Å². The summed E-state index contributed by atoms with van der Waals surface area (Å²) in [5, 5.41) is 1.57. The lowest BCUT2D eigenvalue weighted by atomic mass is 10.5. The fraction of sp³-hybridized carbons (Fsp3) is 0.500. The lowest BCUT2D eigenvalue weighted by Crippen LogP contribution is -1.98. The second-order valence-corrected chi connectivity index (χ2v) is 3.28. The van der Waals surface area contributed by atoms with E-state index in [4.69, 9.17) is 11.5 Å². The standard InChI is InChI=1S/C8H16N2S/c1-3-5-7(9)11-8(10)6-4-2/h5-6H,3-4,9-10H2,1-2H3/b7-5+,8-6+. The van der Waals surface area contributed by atoms with Gasteiger partial charge < -0.3 is 11.5 Å². The Bertz CT molecular complexity index is 143. The van der Waals surface area contributed by atoms with E-state index in [1.165, 1.54) is 11.8 Å². The van der Waals surface area contributed by atoms with Gasteiger partial charge in [0.2, 0.25) is 0 Å². The minimum absolute atomic E-state index is 0.787. The van der Waals surface area contributed by atoms with Crippen LogP contribution >= 0.6 is 11.8 Å². The Balaban J connectivity index is 3.84. The Morgan fingerprint density at radius 1 is 1.09 bits per heavy atom. The number of allylic oxidation sites excluding steroid dienone is 2. The number of rotatable bonds is 4. The normalized spacial score (nSPS) is 13.6. The van der Waals surface area contributed by atoms with Crippen molar-refractivity contribution in [1.82, 2.24) is 0 Å². The molecule has 0 aliphatic heterocycles. The minimum Gasteiger partial charge on any atom is -0.393 e. The summed E-state index contributed by atoms with van der Waals surface area (Å²) < 4.78 is 0. The molecule has 0 fully saturated rings. The Morgan fingerprint density at radius 3 is 1.73 bits per heavy atom. The lowest BCUT2D eigenvalue weighted by Gasteiger charge is -1.99. The van der Waals surface area contributed by atoms with Crippen molar-refractivity contribution in [2.45, 2.75) is 26.7 Å². The van der Waals surface area contributed by atoms with Crippen LogP contribution in [0.2, 0.25) is 0 Å². The van der Waals surface area contributed by atoms with Crippen molar-refractivity contribution in [2.75, 3.05) is 0 Å². The number of hydrogen-bond donors (Lipinski definition) is 2. The summed E-state index contributed by atoms with van der Waals surface area (Å²) in [6.45, 7) is 4.10. The molecule has 2 nitrogen and oxygen atoms in total. The molecule has 0 aliphatic carbocycles. The molecule has 0 saturated carbocycles. The molecule has 0 bridgehead atoms. The van der Waals surface area contributed by atoms with Gasteiger partial charge in [0, 0.05) is 0 Å². The van der Waals surface area contributed by atoms with Crippen LogP contribution in [0.15, 0.2) is 22.2 Å². The van der Waals surface area contributed by atoms with Crippen LogP contribution in [-0.4, -0.2) is 0 Å². The molecule has 0 aromatic rings. The van der Waals surface area contributed by atoms with E-state index in [9.17, 15) is 0 Å². The third kappa shape index (κ3) is 5.85. The van der Waals surface area contributed by atoms with Crippen LogP contribution < -0.4 is 11.5 Å². The third-order valence-corrected chi connectivity index (χ3v) is 1.85. The molecule has 0 aromatic heterocycles. The first-order chi connectivity index (χ1) is 5.20. The summed E-state index contributed by atoms with van der Waals surface area (Å²) in [4.78, 5) is 0. The average Bonchev–Trinajstić information content (AvgIpc) is 1.87. The van der Waals surface area contributed by atoms with Crippen molar-refractivity contribution in [3.63, 3.8) is 0 Å². The van der Waals surface area contributed by atoms with E-state index in [0.29, 0.717) is 0 Å². The van der Waals surface area contributed by atoms with E-state index < -0.39 is 0 Å². The first kappa shape index (κ1) is 10.4. The smallest absolute Gasteiger partial charge is 0.0677 e. The molecule has 0 aliphatic rings. The maximum absolute atomic E-state index is 5.62. The van der Waals surface area contributed by atoms with Crippen molar-refractivity contribution in [3.8, 4) is 0 Å². The first-order valence-electron chi connectivity index (χ1n) is 3.79. The van der Waals surface area contributed by atoms with Gasteiger partial charge in [0.25, 0.3) is 0 Å². The zero-order chi connectivity index (χ0) is 8.69. The highest BCUT2D eigenvalue weighted by molar-refractivity contribution is 8.06. The van der Waals surface area contributed by atoms with Gasteiger partial charge in [-0.1, -0.05) is 37.8 Å². The summed E-state index contributed by atoms with van der Waals surface area (Å²) in [6.07, 6.45) is 5.83. The molecule has 0 atom stereocenters. The third-order valence-electron chi connectivity index (χ3n) is 1.05.